The zero-order valence-corrected chi connectivity index (χ0v) is 19.8. The molecule has 0 N–H and O–H groups in total. The van der Waals surface area contributed by atoms with E-state index < -0.39 is 0 Å². The fraction of sp³-hybridized carbons (Fsp3) is 0.355. The first-order valence-corrected chi connectivity index (χ1v) is 12.4. The van der Waals surface area contributed by atoms with Gasteiger partial charge in [-0.15, -0.1) is 0 Å². The minimum absolute atomic E-state index is 0.641. The van der Waals surface area contributed by atoms with Crippen LogP contribution in [0.15, 0.2) is 66.2 Å². The molecule has 6 rings (SSSR count). The molecule has 4 aromatic carbocycles. The Morgan fingerprint density at radius 2 is 1.39 bits per heavy atom. The van der Waals surface area contributed by atoms with Crippen molar-refractivity contribution in [2.24, 2.45) is 5.92 Å². The molecule has 0 nitrogen and oxygen atoms in total. The molecule has 1 unspecified atom stereocenters. The maximum absolute atomic E-state index is 2.56. The minimum atomic E-state index is 0.641. The predicted octanol–water partition coefficient (Wildman–Crippen LogP) is 9.89. The summed E-state index contributed by atoms with van der Waals surface area (Å²) in [7, 11) is 0. The van der Waals surface area contributed by atoms with E-state index in [-0.39, 0.29) is 0 Å². The number of hydrogen-bond donors (Lipinski definition) is 0. The van der Waals surface area contributed by atoms with Crippen molar-refractivity contribution in [3.63, 3.8) is 0 Å². The van der Waals surface area contributed by atoms with E-state index in [0.29, 0.717) is 5.92 Å². The van der Waals surface area contributed by atoms with Gasteiger partial charge in [0.15, 0.2) is 0 Å². The van der Waals surface area contributed by atoms with Gasteiger partial charge in [0, 0.05) is 5.92 Å². The second-order valence-corrected chi connectivity index (χ2v) is 8.38. The summed E-state index contributed by atoms with van der Waals surface area (Å²) in [6.45, 7) is 10.4. The summed E-state index contributed by atoms with van der Waals surface area (Å²) >= 11 is 0. The molecule has 0 heterocycles. The van der Waals surface area contributed by atoms with Gasteiger partial charge in [0.05, 0.1) is 0 Å². The highest BCUT2D eigenvalue weighted by Gasteiger charge is 2.32. The lowest BCUT2D eigenvalue weighted by Gasteiger charge is -2.30. The Balaban J connectivity index is 0.000000549. The van der Waals surface area contributed by atoms with E-state index in [1.807, 2.05) is 27.7 Å². The quantitative estimate of drug-likeness (QED) is 0.229. The highest BCUT2D eigenvalue weighted by atomic mass is 14.4. The first kappa shape index (κ1) is 21.6. The second kappa shape index (κ2) is 9.27. The van der Waals surface area contributed by atoms with Gasteiger partial charge < -0.3 is 0 Å². The Morgan fingerprint density at radius 3 is 2.03 bits per heavy atom. The Kier molecular flexibility index (Phi) is 6.46. The van der Waals surface area contributed by atoms with Gasteiger partial charge >= 0.3 is 0 Å². The molecule has 0 aliphatic heterocycles. The Morgan fingerprint density at radius 1 is 0.710 bits per heavy atom. The van der Waals surface area contributed by atoms with Crippen LogP contribution in [0.2, 0.25) is 0 Å². The van der Waals surface area contributed by atoms with Gasteiger partial charge in [-0.05, 0) is 80.8 Å². The molecule has 1 fully saturated rings. The molecule has 0 bridgehead atoms. The predicted molar refractivity (Wildman–Crippen MR) is 140 cm³/mol. The standard InChI is InChI=1S/C27H24.2C2H6/c1-2-21-22-12-13-23-24(27(22)16-26(21)17-8-5-9-17)11-10-20-14-18-6-3-4-7-19(18)15-25(20)23;2*1-2/h3-4,6-7,10-17,21H,2,5,8-9H2,1H3;2*1-2H3. The average Bonchev–Trinajstić information content (AvgIpc) is 3.17. The third kappa shape index (κ3) is 3.57. The zero-order valence-electron chi connectivity index (χ0n) is 19.8. The van der Waals surface area contributed by atoms with Crippen LogP contribution < -0.4 is 0 Å². The normalized spacial score (nSPS) is 17.3. The fourth-order valence-corrected chi connectivity index (χ4v) is 5.38. The highest BCUT2D eigenvalue weighted by Crippen LogP contribution is 2.49. The van der Waals surface area contributed by atoms with Crippen LogP contribution in [-0.2, 0) is 0 Å². The van der Waals surface area contributed by atoms with Crippen molar-refractivity contribution in [3.8, 4) is 0 Å². The Bertz CT molecular complexity index is 1240. The lowest BCUT2D eigenvalue weighted by molar-refractivity contribution is 0.354. The van der Waals surface area contributed by atoms with Crippen LogP contribution in [0.5, 0.6) is 0 Å². The zero-order chi connectivity index (χ0) is 22.0. The van der Waals surface area contributed by atoms with E-state index in [1.165, 1.54) is 63.6 Å². The largest absolute Gasteiger partial charge is 0.0683 e. The number of rotatable bonds is 2. The number of fused-ring (bicyclic) bond motifs is 6. The van der Waals surface area contributed by atoms with Gasteiger partial charge in [-0.25, -0.2) is 0 Å². The van der Waals surface area contributed by atoms with E-state index >= 15 is 0 Å². The lowest BCUT2D eigenvalue weighted by Crippen LogP contribution is -2.16. The molecular formula is C31H36. The van der Waals surface area contributed by atoms with Crippen molar-refractivity contribution >= 4 is 38.4 Å². The van der Waals surface area contributed by atoms with Crippen LogP contribution in [0.3, 0.4) is 0 Å². The van der Waals surface area contributed by atoms with Crippen molar-refractivity contribution in [1.82, 2.24) is 0 Å². The summed E-state index contributed by atoms with van der Waals surface area (Å²) in [4.78, 5) is 0. The van der Waals surface area contributed by atoms with Crippen LogP contribution >= 0.6 is 0 Å². The van der Waals surface area contributed by atoms with Crippen LogP contribution in [0.25, 0.3) is 38.4 Å². The Labute approximate surface area is 188 Å². The fourth-order valence-electron chi connectivity index (χ4n) is 5.38. The monoisotopic (exact) mass is 408 g/mol. The van der Waals surface area contributed by atoms with Gasteiger partial charge in [0.25, 0.3) is 0 Å². The summed E-state index contributed by atoms with van der Waals surface area (Å²) in [6, 6.07) is 22.9. The van der Waals surface area contributed by atoms with Crippen molar-refractivity contribution in [2.45, 2.75) is 66.2 Å². The number of benzene rings is 4. The molecule has 31 heavy (non-hydrogen) atoms. The van der Waals surface area contributed by atoms with E-state index in [4.69, 9.17) is 0 Å². The second-order valence-electron chi connectivity index (χ2n) is 8.38. The molecule has 0 spiro atoms. The number of hydrogen-bond acceptors (Lipinski definition) is 0. The maximum atomic E-state index is 2.56. The molecule has 1 saturated carbocycles. The molecule has 2 aliphatic rings. The summed E-state index contributed by atoms with van der Waals surface area (Å²) in [5, 5.41) is 8.21. The van der Waals surface area contributed by atoms with Crippen molar-refractivity contribution in [2.75, 3.05) is 0 Å². The van der Waals surface area contributed by atoms with Crippen LogP contribution in [0, 0.1) is 5.92 Å². The van der Waals surface area contributed by atoms with Gasteiger partial charge in [-0.3, -0.25) is 0 Å². The molecule has 2 aliphatic carbocycles. The lowest BCUT2D eigenvalue weighted by atomic mass is 9.74. The molecule has 0 amide bonds. The number of allylic oxidation sites excluding steroid dienone is 1. The van der Waals surface area contributed by atoms with Crippen LogP contribution in [-0.4, -0.2) is 0 Å². The molecule has 0 heteroatoms. The summed E-state index contributed by atoms with van der Waals surface area (Å²) in [5.41, 5.74) is 4.77. The third-order valence-electron chi connectivity index (χ3n) is 7.03. The SMILES string of the molecule is CC.CC.CCC1C(C2CCC2)=Cc2c1ccc1c2ccc2cc3ccccc3cc21. The molecule has 160 valence electrons. The van der Waals surface area contributed by atoms with Gasteiger partial charge in [-0.1, -0.05) is 101 Å². The maximum Gasteiger partial charge on any atom is 0.00578 e. The topological polar surface area (TPSA) is 0 Å². The van der Waals surface area contributed by atoms with Crippen molar-refractivity contribution in [3.05, 3.63) is 77.4 Å². The first-order valence-electron chi connectivity index (χ1n) is 12.4. The average molecular weight is 409 g/mol. The summed E-state index contributed by atoms with van der Waals surface area (Å²) < 4.78 is 0. The van der Waals surface area contributed by atoms with E-state index in [2.05, 4.69) is 73.7 Å². The molecular weight excluding hydrogens is 372 g/mol. The van der Waals surface area contributed by atoms with Crippen molar-refractivity contribution < 1.29 is 0 Å². The smallest absolute Gasteiger partial charge is 0.00578 e. The van der Waals surface area contributed by atoms with Crippen molar-refractivity contribution in [1.29, 1.82) is 0 Å². The van der Waals surface area contributed by atoms with E-state index in [1.54, 1.807) is 11.1 Å². The first-order chi connectivity index (χ1) is 15.3. The van der Waals surface area contributed by atoms with E-state index in [9.17, 15) is 0 Å². The Hall–Kier alpha value is -2.60. The van der Waals surface area contributed by atoms with Gasteiger partial charge in [0.2, 0.25) is 0 Å². The molecule has 0 aromatic heterocycles. The third-order valence-corrected chi connectivity index (χ3v) is 7.03. The summed E-state index contributed by atoms with van der Waals surface area (Å²) in [5.74, 6) is 1.48. The molecule has 0 radical (unpaired) electrons. The summed E-state index contributed by atoms with van der Waals surface area (Å²) in [6.07, 6.45) is 7.97. The molecule has 0 saturated heterocycles. The minimum Gasteiger partial charge on any atom is -0.0683 e. The van der Waals surface area contributed by atoms with Gasteiger partial charge in [0.1, 0.15) is 0 Å². The van der Waals surface area contributed by atoms with Crippen LogP contribution in [0.1, 0.15) is 77.3 Å². The van der Waals surface area contributed by atoms with Crippen LogP contribution in [0.4, 0.5) is 0 Å². The van der Waals surface area contributed by atoms with Gasteiger partial charge in [-0.2, -0.15) is 0 Å². The molecule has 4 aromatic rings. The highest BCUT2D eigenvalue weighted by molar-refractivity contribution is 6.14. The molecule has 1 atom stereocenters. The van der Waals surface area contributed by atoms with E-state index in [0.717, 1.165) is 5.92 Å².